The van der Waals surface area contributed by atoms with E-state index < -0.39 is 27.9 Å². The van der Waals surface area contributed by atoms with Crippen molar-refractivity contribution in [2.24, 2.45) is 16.1 Å². The summed E-state index contributed by atoms with van der Waals surface area (Å²) in [6.45, 7) is 0. The molecule has 0 aliphatic carbocycles. The van der Waals surface area contributed by atoms with Crippen LogP contribution in [0.15, 0.2) is 87.9 Å². The van der Waals surface area contributed by atoms with Crippen LogP contribution in [0.3, 0.4) is 0 Å². The number of carboxylic acid groups (broad SMARTS) is 2. The van der Waals surface area contributed by atoms with E-state index in [9.17, 15) is 23.1 Å². The molecule has 33 heavy (non-hydrogen) atoms. The van der Waals surface area contributed by atoms with Crippen molar-refractivity contribution in [3.63, 3.8) is 0 Å². The first-order valence-corrected chi connectivity index (χ1v) is 11.0. The molecule has 3 aromatic carbocycles. The zero-order valence-electron chi connectivity index (χ0n) is 17.0. The van der Waals surface area contributed by atoms with Gasteiger partial charge in [-0.3, -0.25) is 14.3 Å². The van der Waals surface area contributed by atoms with Gasteiger partial charge < -0.3 is 15.3 Å². The van der Waals surface area contributed by atoms with Gasteiger partial charge in [-0.1, -0.05) is 30.3 Å². The number of hydrogen-bond donors (Lipinski definition) is 4. The number of carbonyl (C=O) groups is 2. The van der Waals surface area contributed by atoms with Gasteiger partial charge in [0, 0.05) is 0 Å². The number of aliphatic carboxylic acids is 2. The van der Waals surface area contributed by atoms with Gasteiger partial charge >= 0.3 is 11.9 Å². The van der Waals surface area contributed by atoms with E-state index in [1.54, 1.807) is 24.3 Å². The second-order valence-electron chi connectivity index (χ2n) is 6.92. The van der Waals surface area contributed by atoms with Gasteiger partial charge in [-0.25, -0.2) is 8.42 Å². The Balaban J connectivity index is 1.78. The molecule has 0 heterocycles. The summed E-state index contributed by atoms with van der Waals surface area (Å²) in [6.07, 6.45) is -0.298. The van der Waals surface area contributed by atoms with Gasteiger partial charge in [0.25, 0.3) is 10.0 Å². The Hall–Kier alpha value is -4.25. The van der Waals surface area contributed by atoms with Crippen molar-refractivity contribution in [3.8, 4) is 5.75 Å². The smallest absolute Gasteiger partial charge is 0.318 e. The SMILES string of the molecule is O=C(O)C(Cc1ccc(S(=O)(=O)Nc2cc(N=Nc3ccccc3)ccc2O)cc1)C(=O)O. The van der Waals surface area contributed by atoms with Gasteiger partial charge in [0.15, 0.2) is 5.92 Å². The standard InChI is InChI=1S/C22H19N3O7S/c26-20-11-8-16(24-23-15-4-2-1-3-5-15)13-19(20)25-33(31,32)17-9-6-14(7-10-17)12-18(21(27)28)22(29)30/h1-11,13,18,25-26H,12H2,(H,27,28)(H,29,30). The van der Waals surface area contributed by atoms with Crippen LogP contribution >= 0.6 is 0 Å². The van der Waals surface area contributed by atoms with E-state index >= 15 is 0 Å². The van der Waals surface area contributed by atoms with Crippen molar-refractivity contribution in [2.45, 2.75) is 11.3 Å². The fourth-order valence-electron chi connectivity index (χ4n) is 2.80. The summed E-state index contributed by atoms with van der Waals surface area (Å²) in [7, 11) is -4.11. The average molecular weight is 469 g/mol. The first-order chi connectivity index (χ1) is 15.7. The Kier molecular flexibility index (Phi) is 7.04. The van der Waals surface area contributed by atoms with Crippen LogP contribution in [0.25, 0.3) is 0 Å². The zero-order chi connectivity index (χ0) is 24.0. The van der Waals surface area contributed by atoms with Gasteiger partial charge in [0.2, 0.25) is 0 Å². The predicted octanol–water partition coefficient (Wildman–Crippen LogP) is 3.94. The fourth-order valence-corrected chi connectivity index (χ4v) is 3.87. The van der Waals surface area contributed by atoms with Gasteiger partial charge in [0.1, 0.15) is 5.75 Å². The molecule has 3 rings (SSSR count). The molecule has 3 aromatic rings. The van der Waals surface area contributed by atoms with E-state index in [0.717, 1.165) is 0 Å². The lowest BCUT2D eigenvalue weighted by atomic mass is 10.00. The summed E-state index contributed by atoms with van der Waals surface area (Å²) >= 11 is 0. The second kappa shape index (κ2) is 9.92. The van der Waals surface area contributed by atoms with Crippen molar-refractivity contribution < 1.29 is 33.3 Å². The third-order valence-corrected chi connectivity index (χ3v) is 5.91. The molecule has 0 saturated heterocycles. The van der Waals surface area contributed by atoms with E-state index in [2.05, 4.69) is 15.0 Å². The van der Waals surface area contributed by atoms with E-state index in [1.807, 2.05) is 6.07 Å². The molecule has 170 valence electrons. The van der Waals surface area contributed by atoms with Crippen LogP contribution < -0.4 is 4.72 Å². The number of aromatic hydroxyl groups is 1. The highest BCUT2D eigenvalue weighted by molar-refractivity contribution is 7.92. The minimum Gasteiger partial charge on any atom is -0.506 e. The minimum atomic E-state index is -4.11. The molecule has 0 aliphatic heterocycles. The quantitative estimate of drug-likeness (QED) is 0.209. The van der Waals surface area contributed by atoms with Crippen LogP contribution in [0.5, 0.6) is 5.75 Å². The van der Waals surface area contributed by atoms with Gasteiger partial charge in [-0.2, -0.15) is 10.2 Å². The fraction of sp³-hybridized carbons (Fsp3) is 0.0909. The number of nitrogens with one attached hydrogen (secondary N) is 1. The average Bonchev–Trinajstić information content (AvgIpc) is 2.78. The van der Waals surface area contributed by atoms with Crippen molar-refractivity contribution >= 4 is 39.0 Å². The number of hydrogen-bond acceptors (Lipinski definition) is 7. The minimum absolute atomic E-state index is 0.111. The number of azo groups is 1. The van der Waals surface area contributed by atoms with Gasteiger partial charge in [-0.05, 0) is 54.4 Å². The third-order valence-electron chi connectivity index (χ3n) is 4.53. The van der Waals surface area contributed by atoms with Crippen LogP contribution in [0.2, 0.25) is 0 Å². The molecule has 0 spiro atoms. The van der Waals surface area contributed by atoms with E-state index in [-0.39, 0.29) is 22.8 Å². The summed E-state index contributed by atoms with van der Waals surface area (Å²) in [5.74, 6) is -4.93. The maximum absolute atomic E-state index is 12.7. The molecule has 0 bridgehead atoms. The number of benzene rings is 3. The van der Waals surface area contributed by atoms with Crippen molar-refractivity contribution in [2.75, 3.05) is 4.72 Å². The number of sulfonamides is 1. The van der Waals surface area contributed by atoms with Crippen LogP contribution in [0.1, 0.15) is 5.56 Å². The summed E-state index contributed by atoms with van der Waals surface area (Å²) in [5, 5.41) is 36.1. The first kappa shape index (κ1) is 23.4. The summed E-state index contributed by atoms with van der Waals surface area (Å²) in [4.78, 5) is 21.9. The Bertz CT molecular complexity index is 1280. The molecular formula is C22H19N3O7S. The van der Waals surface area contributed by atoms with Gasteiger partial charge in [0.05, 0.1) is 22.0 Å². The molecule has 0 saturated carbocycles. The molecule has 0 aromatic heterocycles. The van der Waals surface area contributed by atoms with Crippen molar-refractivity contribution in [3.05, 3.63) is 78.4 Å². The molecule has 0 aliphatic rings. The number of rotatable bonds is 9. The summed E-state index contributed by atoms with van der Waals surface area (Å²) in [6, 6.07) is 18.1. The number of anilines is 1. The molecular weight excluding hydrogens is 450 g/mol. The largest absolute Gasteiger partial charge is 0.506 e. The summed E-state index contributed by atoms with van der Waals surface area (Å²) in [5.41, 5.74) is 1.13. The maximum Gasteiger partial charge on any atom is 0.318 e. The highest BCUT2D eigenvalue weighted by Crippen LogP contribution is 2.31. The topological polar surface area (TPSA) is 166 Å². The molecule has 0 radical (unpaired) electrons. The zero-order valence-corrected chi connectivity index (χ0v) is 17.8. The number of nitrogens with zero attached hydrogens (tertiary/aromatic N) is 2. The Morgan fingerprint density at radius 2 is 1.45 bits per heavy atom. The molecule has 0 atom stereocenters. The normalized spacial score (nSPS) is 11.5. The maximum atomic E-state index is 12.7. The van der Waals surface area contributed by atoms with Crippen molar-refractivity contribution in [1.29, 1.82) is 0 Å². The predicted molar refractivity (Wildman–Crippen MR) is 118 cm³/mol. The van der Waals surface area contributed by atoms with Gasteiger partial charge in [-0.15, -0.1) is 0 Å². The van der Waals surface area contributed by atoms with Crippen LogP contribution in [0.4, 0.5) is 17.1 Å². The lowest BCUT2D eigenvalue weighted by Gasteiger charge is -2.11. The molecule has 4 N–H and O–H groups in total. The van der Waals surface area contributed by atoms with Crippen LogP contribution in [-0.2, 0) is 26.0 Å². The Morgan fingerprint density at radius 3 is 2.06 bits per heavy atom. The molecule has 10 nitrogen and oxygen atoms in total. The lowest BCUT2D eigenvalue weighted by molar-refractivity contribution is -0.154. The second-order valence-corrected chi connectivity index (χ2v) is 8.60. The highest BCUT2D eigenvalue weighted by atomic mass is 32.2. The Morgan fingerprint density at radius 1 is 0.848 bits per heavy atom. The summed E-state index contributed by atoms with van der Waals surface area (Å²) < 4.78 is 27.7. The van der Waals surface area contributed by atoms with E-state index in [0.29, 0.717) is 16.9 Å². The van der Waals surface area contributed by atoms with Crippen LogP contribution in [-0.4, -0.2) is 35.7 Å². The third kappa shape index (κ3) is 6.14. The molecule has 0 unspecified atom stereocenters. The lowest BCUT2D eigenvalue weighted by Crippen LogP contribution is -2.25. The molecule has 0 fully saturated rings. The number of phenolic OH excluding ortho intramolecular Hbond substituents is 1. The highest BCUT2D eigenvalue weighted by Gasteiger charge is 2.26. The number of phenols is 1. The molecule has 0 amide bonds. The monoisotopic (exact) mass is 469 g/mol. The Labute approximate surface area is 188 Å². The van der Waals surface area contributed by atoms with Crippen LogP contribution in [0, 0.1) is 5.92 Å². The first-order valence-electron chi connectivity index (χ1n) is 9.53. The van der Waals surface area contributed by atoms with Crippen molar-refractivity contribution in [1.82, 2.24) is 0 Å². The molecule has 11 heteroatoms. The van der Waals surface area contributed by atoms with E-state index in [4.69, 9.17) is 10.2 Å². The number of carboxylic acids is 2. The van der Waals surface area contributed by atoms with E-state index in [1.165, 1.54) is 42.5 Å².